The Hall–Kier alpha value is -3.05. The Labute approximate surface area is 138 Å². The zero-order chi connectivity index (χ0) is 17.3. The monoisotopic (exact) mass is 343 g/mol. The number of hydrogen-bond acceptors (Lipinski definition) is 5. The molecule has 0 aliphatic carbocycles. The molecule has 0 spiro atoms. The minimum Gasteiger partial charge on any atom is -0.476 e. The number of sulfonamides is 1. The van der Waals surface area contributed by atoms with E-state index in [1.165, 1.54) is 24.3 Å². The molecule has 24 heavy (non-hydrogen) atoms. The summed E-state index contributed by atoms with van der Waals surface area (Å²) in [6.07, 6.45) is -1.08. The highest BCUT2D eigenvalue weighted by molar-refractivity contribution is 7.92. The topological polar surface area (TPSA) is 113 Å². The summed E-state index contributed by atoms with van der Waals surface area (Å²) in [5, 5.41) is 8.83. The van der Waals surface area contributed by atoms with Crippen LogP contribution in [0.25, 0.3) is 0 Å². The largest absolute Gasteiger partial charge is 0.476 e. The first-order valence-electron chi connectivity index (χ1n) is 7.01. The highest BCUT2D eigenvalue weighted by Crippen LogP contribution is 2.36. The molecule has 2 N–H and O–H groups in total. The molecule has 0 radical (unpaired) electrons. The number of nitrogens with two attached hydrogens (primary N) is 1. The standard InChI is InChI=1S/C16H13N3O4S/c17-9-11-5-7-12(8-6-11)24(21,22)19-10-15(16(18)20)23-14-4-2-1-3-13(14)19/h1-8,15H,10H2,(H2,18,20)/t15-/m0/s1. The van der Waals surface area contributed by atoms with Crippen molar-refractivity contribution in [1.82, 2.24) is 0 Å². The average Bonchev–Trinajstić information content (AvgIpc) is 2.60. The van der Waals surface area contributed by atoms with Crippen molar-refractivity contribution in [3.8, 4) is 11.8 Å². The Morgan fingerprint density at radius 1 is 1.21 bits per heavy atom. The Morgan fingerprint density at radius 2 is 1.88 bits per heavy atom. The molecular weight excluding hydrogens is 330 g/mol. The third kappa shape index (κ3) is 2.66. The molecule has 2 aromatic rings. The number of ether oxygens (including phenoxy) is 1. The second-order valence-electron chi connectivity index (χ2n) is 5.15. The Kier molecular flexibility index (Phi) is 3.87. The lowest BCUT2D eigenvalue weighted by Gasteiger charge is -2.34. The number of primary amides is 1. The van der Waals surface area contributed by atoms with Crippen molar-refractivity contribution < 1.29 is 17.9 Å². The van der Waals surface area contributed by atoms with Crippen LogP contribution in [-0.2, 0) is 14.8 Å². The molecule has 0 saturated carbocycles. The maximum absolute atomic E-state index is 13.0. The Morgan fingerprint density at radius 3 is 2.50 bits per heavy atom. The van der Waals surface area contributed by atoms with Crippen LogP contribution in [0.4, 0.5) is 5.69 Å². The van der Waals surface area contributed by atoms with Crippen LogP contribution < -0.4 is 14.8 Å². The predicted molar refractivity (Wildman–Crippen MR) is 85.7 cm³/mol. The van der Waals surface area contributed by atoms with Gasteiger partial charge in [-0.25, -0.2) is 8.42 Å². The number of amides is 1. The van der Waals surface area contributed by atoms with Crippen LogP contribution >= 0.6 is 0 Å². The molecule has 1 aliphatic heterocycles. The molecule has 2 aromatic carbocycles. The van der Waals surface area contributed by atoms with E-state index in [2.05, 4.69) is 0 Å². The van der Waals surface area contributed by atoms with Crippen molar-refractivity contribution >= 4 is 21.6 Å². The molecule has 1 atom stereocenters. The van der Waals surface area contributed by atoms with Gasteiger partial charge in [-0.1, -0.05) is 12.1 Å². The van der Waals surface area contributed by atoms with Crippen molar-refractivity contribution in [1.29, 1.82) is 5.26 Å². The zero-order valence-corrected chi connectivity index (χ0v) is 13.2. The number of anilines is 1. The number of carbonyl (C=O) groups excluding carboxylic acids is 1. The molecule has 1 amide bonds. The Bertz CT molecular complexity index is 933. The van der Waals surface area contributed by atoms with Crippen molar-refractivity contribution in [3.05, 3.63) is 54.1 Å². The normalized spacial score (nSPS) is 16.6. The van der Waals surface area contributed by atoms with Gasteiger partial charge in [-0.2, -0.15) is 5.26 Å². The fourth-order valence-corrected chi connectivity index (χ4v) is 3.88. The van der Waals surface area contributed by atoms with Gasteiger partial charge in [-0.3, -0.25) is 9.10 Å². The summed E-state index contributed by atoms with van der Waals surface area (Å²) >= 11 is 0. The van der Waals surface area contributed by atoms with Crippen molar-refractivity contribution in [2.24, 2.45) is 5.73 Å². The molecule has 1 heterocycles. The van der Waals surface area contributed by atoms with Crippen LogP contribution in [0.5, 0.6) is 5.75 Å². The molecular formula is C16H13N3O4S. The van der Waals surface area contributed by atoms with Crippen molar-refractivity contribution in [2.45, 2.75) is 11.0 Å². The van der Waals surface area contributed by atoms with Gasteiger partial charge in [0, 0.05) is 0 Å². The second kappa shape index (κ2) is 5.86. The first kappa shape index (κ1) is 15.8. The van der Waals surface area contributed by atoms with Gasteiger partial charge in [0.25, 0.3) is 15.9 Å². The van der Waals surface area contributed by atoms with Crippen LogP contribution in [0.1, 0.15) is 5.56 Å². The fourth-order valence-electron chi connectivity index (χ4n) is 2.41. The highest BCUT2D eigenvalue weighted by Gasteiger charge is 2.36. The summed E-state index contributed by atoms with van der Waals surface area (Å²) in [5.41, 5.74) is 5.97. The number of nitrogens with zero attached hydrogens (tertiary/aromatic N) is 2. The number of benzene rings is 2. The molecule has 3 rings (SSSR count). The number of rotatable bonds is 3. The summed E-state index contributed by atoms with van der Waals surface area (Å²) in [6, 6.07) is 14.0. The molecule has 122 valence electrons. The molecule has 0 fully saturated rings. The maximum Gasteiger partial charge on any atom is 0.264 e. The van der Waals surface area contributed by atoms with E-state index in [-0.39, 0.29) is 17.2 Å². The minimum absolute atomic E-state index is 0.0152. The molecule has 0 aromatic heterocycles. The van der Waals surface area contributed by atoms with Gasteiger partial charge in [0.2, 0.25) is 0 Å². The lowest BCUT2D eigenvalue weighted by molar-refractivity contribution is -0.124. The van der Waals surface area contributed by atoms with Gasteiger partial charge in [0.15, 0.2) is 6.10 Å². The minimum atomic E-state index is -3.93. The van der Waals surface area contributed by atoms with E-state index in [1.54, 1.807) is 24.3 Å². The van der Waals surface area contributed by atoms with Crippen molar-refractivity contribution in [2.75, 3.05) is 10.8 Å². The van der Waals surface area contributed by atoms with E-state index in [0.717, 1.165) is 4.31 Å². The van der Waals surface area contributed by atoms with E-state index in [4.69, 9.17) is 15.7 Å². The van der Waals surface area contributed by atoms with Crippen LogP contribution in [-0.4, -0.2) is 27.0 Å². The van der Waals surface area contributed by atoms with E-state index >= 15 is 0 Å². The number of nitriles is 1. The Balaban J connectivity index is 2.08. The lowest BCUT2D eigenvalue weighted by atomic mass is 10.2. The fraction of sp³-hybridized carbons (Fsp3) is 0.125. The zero-order valence-electron chi connectivity index (χ0n) is 12.4. The molecule has 8 heteroatoms. The van der Waals surface area contributed by atoms with Crippen LogP contribution in [0.3, 0.4) is 0 Å². The first-order chi connectivity index (χ1) is 11.4. The number of fused-ring (bicyclic) bond motifs is 1. The van der Waals surface area contributed by atoms with Crippen molar-refractivity contribution in [3.63, 3.8) is 0 Å². The summed E-state index contributed by atoms with van der Waals surface area (Å²) in [5.74, 6) is -0.477. The van der Waals surface area contributed by atoms with E-state index in [9.17, 15) is 13.2 Å². The number of hydrogen-bond donors (Lipinski definition) is 1. The molecule has 1 aliphatic rings. The SMILES string of the molecule is N#Cc1ccc(S(=O)(=O)N2C[C@@H](C(N)=O)Oc3ccccc32)cc1. The quantitative estimate of drug-likeness (QED) is 0.893. The lowest BCUT2D eigenvalue weighted by Crippen LogP contribution is -2.49. The maximum atomic E-state index is 13.0. The van der Waals surface area contributed by atoms with Gasteiger partial charge >= 0.3 is 0 Å². The summed E-state index contributed by atoms with van der Waals surface area (Å²) in [4.78, 5) is 11.5. The van der Waals surface area contributed by atoms with Crippen LogP contribution in [0.2, 0.25) is 0 Å². The van der Waals surface area contributed by atoms with Gasteiger partial charge in [0.05, 0.1) is 28.8 Å². The first-order valence-corrected chi connectivity index (χ1v) is 8.45. The average molecular weight is 343 g/mol. The van der Waals surface area contributed by atoms with E-state index in [1.807, 2.05) is 6.07 Å². The van der Waals surface area contributed by atoms with Crippen LogP contribution in [0, 0.1) is 11.3 Å². The van der Waals surface area contributed by atoms with E-state index in [0.29, 0.717) is 11.3 Å². The van der Waals surface area contributed by atoms with Gasteiger partial charge in [0.1, 0.15) is 5.75 Å². The van der Waals surface area contributed by atoms with Gasteiger partial charge < -0.3 is 10.5 Å². The molecule has 0 saturated heterocycles. The summed E-state index contributed by atoms with van der Waals surface area (Å²) in [6.45, 7) is -0.214. The van der Waals surface area contributed by atoms with Gasteiger partial charge in [-0.05, 0) is 36.4 Å². The highest BCUT2D eigenvalue weighted by atomic mass is 32.2. The molecule has 0 bridgehead atoms. The summed E-state index contributed by atoms with van der Waals surface area (Å²) < 4.78 is 32.5. The summed E-state index contributed by atoms with van der Waals surface area (Å²) in [7, 11) is -3.93. The van der Waals surface area contributed by atoms with E-state index < -0.39 is 22.0 Å². The number of carbonyl (C=O) groups is 1. The van der Waals surface area contributed by atoms with Crippen LogP contribution in [0.15, 0.2) is 53.4 Å². The third-order valence-electron chi connectivity index (χ3n) is 3.62. The second-order valence-corrected chi connectivity index (χ2v) is 7.01. The smallest absolute Gasteiger partial charge is 0.264 e. The number of para-hydroxylation sites is 2. The third-order valence-corrected chi connectivity index (χ3v) is 5.42. The molecule has 7 nitrogen and oxygen atoms in total. The predicted octanol–water partition coefficient (Wildman–Crippen LogP) is 1.000. The molecule has 0 unspecified atom stereocenters. The van der Waals surface area contributed by atoms with Gasteiger partial charge in [-0.15, -0.1) is 0 Å².